The fraction of sp³-hybridized carbons (Fsp3) is 0.278. The van der Waals surface area contributed by atoms with Gasteiger partial charge in [-0.25, -0.2) is 0 Å². The van der Waals surface area contributed by atoms with Gasteiger partial charge in [0, 0.05) is 18.5 Å². The molecule has 0 saturated heterocycles. The molecule has 0 aliphatic carbocycles. The summed E-state index contributed by atoms with van der Waals surface area (Å²) < 4.78 is 10.5. The van der Waals surface area contributed by atoms with Gasteiger partial charge in [0.05, 0.1) is 19.8 Å². The molecule has 4 nitrogen and oxygen atoms in total. The number of hydrogen-bond donors (Lipinski definition) is 0. The number of methoxy groups -OCH3 is 2. The number of thioether (sulfide) groups is 1. The van der Waals surface area contributed by atoms with Crippen LogP contribution < -0.4 is 9.47 Å². The Kier molecular flexibility index (Phi) is 5.93. The van der Waals surface area contributed by atoms with E-state index in [0.29, 0.717) is 18.0 Å². The Labute approximate surface area is 141 Å². The first-order valence-corrected chi connectivity index (χ1v) is 8.42. The van der Waals surface area contributed by atoms with Gasteiger partial charge in [0.2, 0.25) is 0 Å². The van der Waals surface area contributed by atoms with E-state index in [1.807, 2.05) is 48.7 Å². The third-order valence-electron chi connectivity index (χ3n) is 3.55. The van der Waals surface area contributed by atoms with E-state index in [1.54, 1.807) is 37.9 Å². The Morgan fingerprint density at radius 1 is 1.09 bits per heavy atom. The first-order chi connectivity index (χ1) is 11.1. The highest BCUT2D eigenvalue weighted by Crippen LogP contribution is 2.28. The lowest BCUT2D eigenvalue weighted by Crippen LogP contribution is -2.26. The SMILES string of the molecule is COc1ccc(CN(C)C(=O)c2ccccc2SC)cc1OC. The summed E-state index contributed by atoms with van der Waals surface area (Å²) in [6.45, 7) is 0.502. The van der Waals surface area contributed by atoms with Crippen LogP contribution in [-0.2, 0) is 6.54 Å². The largest absolute Gasteiger partial charge is 0.493 e. The molecule has 0 spiro atoms. The zero-order valence-corrected chi connectivity index (χ0v) is 14.6. The van der Waals surface area contributed by atoms with Crippen LogP contribution in [0.4, 0.5) is 0 Å². The fourth-order valence-electron chi connectivity index (χ4n) is 2.35. The van der Waals surface area contributed by atoms with Crippen LogP contribution in [-0.4, -0.2) is 38.3 Å². The van der Waals surface area contributed by atoms with Crippen molar-refractivity contribution in [3.8, 4) is 11.5 Å². The van der Waals surface area contributed by atoms with Crippen molar-refractivity contribution < 1.29 is 14.3 Å². The van der Waals surface area contributed by atoms with Crippen LogP contribution in [0.25, 0.3) is 0 Å². The first-order valence-electron chi connectivity index (χ1n) is 7.20. The van der Waals surface area contributed by atoms with E-state index in [1.165, 1.54) is 0 Å². The summed E-state index contributed by atoms with van der Waals surface area (Å²) in [5.74, 6) is 1.35. The Bertz CT molecular complexity index is 688. The normalized spacial score (nSPS) is 10.3. The molecule has 0 atom stereocenters. The molecule has 5 heteroatoms. The molecule has 0 aliphatic heterocycles. The Balaban J connectivity index is 2.18. The van der Waals surface area contributed by atoms with Crippen molar-refractivity contribution in [2.24, 2.45) is 0 Å². The van der Waals surface area contributed by atoms with E-state index >= 15 is 0 Å². The van der Waals surface area contributed by atoms with E-state index in [2.05, 4.69) is 0 Å². The van der Waals surface area contributed by atoms with Crippen LogP contribution in [0, 0.1) is 0 Å². The molecule has 0 aromatic heterocycles. The zero-order valence-electron chi connectivity index (χ0n) is 13.8. The van der Waals surface area contributed by atoms with Gasteiger partial charge in [0.15, 0.2) is 11.5 Å². The second kappa shape index (κ2) is 7.92. The maximum Gasteiger partial charge on any atom is 0.255 e. The molecule has 2 rings (SSSR count). The summed E-state index contributed by atoms with van der Waals surface area (Å²) in [6, 6.07) is 13.3. The third kappa shape index (κ3) is 3.99. The van der Waals surface area contributed by atoms with Crippen molar-refractivity contribution in [1.82, 2.24) is 4.90 Å². The van der Waals surface area contributed by atoms with Gasteiger partial charge in [-0.15, -0.1) is 11.8 Å². The van der Waals surface area contributed by atoms with Gasteiger partial charge in [-0.1, -0.05) is 18.2 Å². The quantitative estimate of drug-likeness (QED) is 0.757. The predicted octanol–water partition coefficient (Wildman–Crippen LogP) is 3.70. The van der Waals surface area contributed by atoms with Gasteiger partial charge >= 0.3 is 0 Å². The minimum absolute atomic E-state index is 0.00438. The standard InChI is InChI=1S/C18H21NO3S/c1-19(18(20)14-7-5-6-8-17(14)23-4)12-13-9-10-15(21-2)16(11-13)22-3/h5-11H,12H2,1-4H3. The summed E-state index contributed by atoms with van der Waals surface area (Å²) >= 11 is 1.57. The van der Waals surface area contributed by atoms with Gasteiger partial charge in [-0.2, -0.15) is 0 Å². The van der Waals surface area contributed by atoms with E-state index in [0.717, 1.165) is 16.0 Å². The first kappa shape index (κ1) is 17.2. The average molecular weight is 331 g/mol. The van der Waals surface area contributed by atoms with E-state index in [-0.39, 0.29) is 5.91 Å². The molecule has 0 radical (unpaired) electrons. The smallest absolute Gasteiger partial charge is 0.255 e. The average Bonchev–Trinajstić information content (AvgIpc) is 2.60. The highest BCUT2D eigenvalue weighted by atomic mass is 32.2. The van der Waals surface area contributed by atoms with Crippen molar-refractivity contribution in [3.63, 3.8) is 0 Å². The number of hydrogen-bond acceptors (Lipinski definition) is 4. The molecule has 122 valence electrons. The van der Waals surface area contributed by atoms with Crippen LogP contribution in [0.1, 0.15) is 15.9 Å². The Morgan fingerprint density at radius 3 is 2.43 bits per heavy atom. The van der Waals surface area contributed by atoms with Gasteiger partial charge in [0.1, 0.15) is 0 Å². The monoisotopic (exact) mass is 331 g/mol. The molecule has 0 saturated carbocycles. The third-order valence-corrected chi connectivity index (χ3v) is 4.35. The number of amides is 1. The predicted molar refractivity (Wildman–Crippen MR) is 93.6 cm³/mol. The maximum atomic E-state index is 12.7. The van der Waals surface area contributed by atoms with Crippen LogP contribution in [0.5, 0.6) is 11.5 Å². The van der Waals surface area contributed by atoms with E-state index in [4.69, 9.17) is 9.47 Å². The molecule has 0 aliphatic rings. The highest BCUT2D eigenvalue weighted by molar-refractivity contribution is 7.98. The summed E-state index contributed by atoms with van der Waals surface area (Å²) in [6.07, 6.45) is 1.97. The minimum Gasteiger partial charge on any atom is -0.493 e. The number of ether oxygens (including phenoxy) is 2. The van der Waals surface area contributed by atoms with Crippen LogP contribution >= 0.6 is 11.8 Å². The molecule has 2 aromatic rings. The number of rotatable bonds is 6. The molecule has 0 bridgehead atoms. The number of carbonyl (C=O) groups is 1. The molecule has 0 unspecified atom stereocenters. The Hall–Kier alpha value is -2.14. The molecule has 23 heavy (non-hydrogen) atoms. The lowest BCUT2D eigenvalue weighted by atomic mass is 10.1. The number of carbonyl (C=O) groups excluding carboxylic acids is 1. The number of nitrogens with zero attached hydrogens (tertiary/aromatic N) is 1. The zero-order chi connectivity index (χ0) is 16.8. The van der Waals surface area contributed by atoms with Gasteiger partial charge in [0.25, 0.3) is 5.91 Å². The van der Waals surface area contributed by atoms with Crippen molar-refractivity contribution in [2.45, 2.75) is 11.4 Å². The van der Waals surface area contributed by atoms with Crippen molar-refractivity contribution in [3.05, 3.63) is 53.6 Å². The molecule has 1 amide bonds. The lowest BCUT2D eigenvalue weighted by Gasteiger charge is -2.19. The van der Waals surface area contributed by atoms with Gasteiger partial charge in [-0.3, -0.25) is 4.79 Å². The molecular formula is C18H21NO3S. The van der Waals surface area contributed by atoms with E-state index < -0.39 is 0 Å². The van der Waals surface area contributed by atoms with Gasteiger partial charge in [-0.05, 0) is 36.1 Å². The van der Waals surface area contributed by atoms with E-state index in [9.17, 15) is 4.79 Å². The second-order valence-corrected chi connectivity index (χ2v) is 5.90. The van der Waals surface area contributed by atoms with Crippen LogP contribution in [0.3, 0.4) is 0 Å². The molecule has 0 fully saturated rings. The summed E-state index contributed by atoms with van der Waals surface area (Å²) in [5, 5.41) is 0. The molecule has 2 aromatic carbocycles. The topological polar surface area (TPSA) is 38.8 Å². The fourth-order valence-corrected chi connectivity index (χ4v) is 2.94. The summed E-state index contributed by atoms with van der Waals surface area (Å²) in [4.78, 5) is 15.4. The molecule has 0 N–H and O–H groups in total. The van der Waals surface area contributed by atoms with Crippen molar-refractivity contribution >= 4 is 17.7 Å². The maximum absolute atomic E-state index is 12.7. The van der Waals surface area contributed by atoms with Gasteiger partial charge < -0.3 is 14.4 Å². The second-order valence-electron chi connectivity index (χ2n) is 5.05. The minimum atomic E-state index is 0.00438. The Morgan fingerprint density at radius 2 is 1.78 bits per heavy atom. The summed E-state index contributed by atoms with van der Waals surface area (Å²) in [7, 11) is 5.01. The van der Waals surface area contributed by atoms with Crippen LogP contribution in [0.15, 0.2) is 47.4 Å². The van der Waals surface area contributed by atoms with Crippen molar-refractivity contribution in [2.75, 3.05) is 27.5 Å². The van der Waals surface area contributed by atoms with Crippen LogP contribution in [0.2, 0.25) is 0 Å². The van der Waals surface area contributed by atoms with Crippen molar-refractivity contribution in [1.29, 1.82) is 0 Å². The summed E-state index contributed by atoms with van der Waals surface area (Å²) in [5.41, 5.74) is 1.71. The molecule has 0 heterocycles. The lowest BCUT2D eigenvalue weighted by molar-refractivity contribution is 0.0781. The highest BCUT2D eigenvalue weighted by Gasteiger charge is 2.16. The molecular weight excluding hydrogens is 310 g/mol. The number of benzene rings is 2.